The van der Waals surface area contributed by atoms with Crippen LogP contribution < -0.4 is 5.32 Å². The van der Waals surface area contributed by atoms with Crippen LogP contribution in [0.2, 0.25) is 0 Å². The topological polar surface area (TPSA) is 54.9 Å². The number of benzene rings is 2. The molecule has 2 aliphatic rings. The van der Waals surface area contributed by atoms with E-state index in [9.17, 15) is 4.79 Å². The first-order chi connectivity index (χ1) is 16.8. The summed E-state index contributed by atoms with van der Waals surface area (Å²) in [5.74, 6) is 1.51. The SMILES string of the molecule is O=C(CCCc1ccccc1)Nc1nc2c(nc1CCC1CCCCC1)-c1ccccc1CC2. The van der Waals surface area contributed by atoms with E-state index in [2.05, 4.69) is 53.8 Å². The molecule has 2 aromatic carbocycles. The Morgan fingerprint density at radius 2 is 1.68 bits per heavy atom. The lowest BCUT2D eigenvalue weighted by Gasteiger charge is -2.23. The zero-order chi connectivity index (χ0) is 23.2. The maximum Gasteiger partial charge on any atom is 0.225 e. The number of anilines is 1. The Labute approximate surface area is 203 Å². The fraction of sp³-hybridized carbons (Fsp3) is 0.433. The van der Waals surface area contributed by atoms with Gasteiger partial charge in [0.15, 0.2) is 5.82 Å². The van der Waals surface area contributed by atoms with Crippen LogP contribution in [-0.2, 0) is 30.5 Å². The zero-order valence-electron chi connectivity index (χ0n) is 20.1. The van der Waals surface area contributed by atoms with Crippen LogP contribution in [0.3, 0.4) is 0 Å². The van der Waals surface area contributed by atoms with Crippen LogP contribution in [0.1, 0.15) is 73.9 Å². The number of carbonyl (C=O) groups is 1. The molecule has 0 spiro atoms. The van der Waals surface area contributed by atoms with Crippen LogP contribution >= 0.6 is 0 Å². The molecule has 2 aliphatic carbocycles. The summed E-state index contributed by atoms with van der Waals surface area (Å²) in [5, 5.41) is 3.15. The number of aromatic nitrogens is 2. The molecule has 1 heterocycles. The van der Waals surface area contributed by atoms with Gasteiger partial charge in [-0.15, -0.1) is 0 Å². The molecule has 0 radical (unpaired) electrons. The second-order valence-corrected chi connectivity index (χ2v) is 9.90. The summed E-state index contributed by atoms with van der Waals surface area (Å²) < 4.78 is 0. The van der Waals surface area contributed by atoms with E-state index in [1.807, 2.05) is 6.07 Å². The van der Waals surface area contributed by atoms with E-state index < -0.39 is 0 Å². The second-order valence-electron chi connectivity index (χ2n) is 9.90. The van der Waals surface area contributed by atoms with Gasteiger partial charge in [0.05, 0.1) is 17.1 Å². The third kappa shape index (κ3) is 5.55. The van der Waals surface area contributed by atoms with Gasteiger partial charge in [-0.25, -0.2) is 9.97 Å². The molecule has 3 aromatic rings. The maximum absolute atomic E-state index is 12.8. The van der Waals surface area contributed by atoms with E-state index in [-0.39, 0.29) is 5.91 Å². The first-order valence-corrected chi connectivity index (χ1v) is 13.1. The highest BCUT2D eigenvalue weighted by atomic mass is 16.1. The molecule has 1 N–H and O–H groups in total. The summed E-state index contributed by atoms with van der Waals surface area (Å²) >= 11 is 0. The summed E-state index contributed by atoms with van der Waals surface area (Å²) in [4.78, 5) is 23.0. The Hall–Kier alpha value is -3.01. The molecule has 0 unspecified atom stereocenters. The number of amides is 1. The molecule has 5 rings (SSSR count). The largest absolute Gasteiger partial charge is 0.309 e. The molecular weight excluding hydrogens is 418 g/mol. The van der Waals surface area contributed by atoms with E-state index in [0.717, 1.165) is 61.5 Å². The average molecular weight is 454 g/mol. The predicted octanol–water partition coefficient (Wildman–Crippen LogP) is 6.72. The Kier molecular flexibility index (Phi) is 7.33. The predicted molar refractivity (Wildman–Crippen MR) is 138 cm³/mol. The van der Waals surface area contributed by atoms with Gasteiger partial charge in [-0.05, 0) is 55.6 Å². The highest BCUT2D eigenvalue weighted by Gasteiger charge is 2.23. The van der Waals surface area contributed by atoms with Crippen molar-refractivity contribution in [1.29, 1.82) is 0 Å². The van der Waals surface area contributed by atoms with Gasteiger partial charge in [-0.1, -0.05) is 86.7 Å². The Morgan fingerprint density at radius 1 is 0.882 bits per heavy atom. The molecule has 0 atom stereocenters. The van der Waals surface area contributed by atoms with Crippen molar-refractivity contribution in [3.05, 3.63) is 77.1 Å². The molecule has 1 amide bonds. The van der Waals surface area contributed by atoms with Crippen LogP contribution in [0.5, 0.6) is 0 Å². The van der Waals surface area contributed by atoms with Crippen molar-refractivity contribution in [2.45, 2.75) is 77.0 Å². The van der Waals surface area contributed by atoms with E-state index in [4.69, 9.17) is 9.97 Å². The Balaban J connectivity index is 1.32. The standard InChI is InChI=1S/C30H35N3O/c34-28(17-9-14-22-10-3-1-4-11-22)33-30-27(20-18-23-12-5-2-6-13-23)31-29-25-16-8-7-15-24(25)19-21-26(29)32-30/h1,3-4,7-8,10-11,15-16,23H,2,5-6,9,12-14,17-21H2,(H,32,33,34). The van der Waals surface area contributed by atoms with Gasteiger partial charge in [-0.2, -0.15) is 0 Å². The summed E-state index contributed by atoms with van der Waals surface area (Å²) in [6.07, 6.45) is 12.8. The van der Waals surface area contributed by atoms with E-state index in [1.54, 1.807) is 0 Å². The molecule has 0 saturated heterocycles. The van der Waals surface area contributed by atoms with Crippen LogP contribution in [0.25, 0.3) is 11.3 Å². The summed E-state index contributed by atoms with van der Waals surface area (Å²) in [5.41, 5.74) is 6.81. The monoisotopic (exact) mass is 453 g/mol. The van der Waals surface area contributed by atoms with Gasteiger partial charge >= 0.3 is 0 Å². The molecule has 1 aromatic heterocycles. The number of aryl methyl sites for hydroxylation is 4. The van der Waals surface area contributed by atoms with Crippen LogP contribution in [-0.4, -0.2) is 15.9 Å². The summed E-state index contributed by atoms with van der Waals surface area (Å²) in [6, 6.07) is 18.9. The van der Waals surface area contributed by atoms with Crippen molar-refractivity contribution >= 4 is 11.7 Å². The van der Waals surface area contributed by atoms with Gasteiger partial charge in [-0.3, -0.25) is 4.79 Å². The van der Waals surface area contributed by atoms with E-state index in [1.165, 1.54) is 48.8 Å². The fourth-order valence-electron chi connectivity index (χ4n) is 5.50. The minimum Gasteiger partial charge on any atom is -0.309 e. The number of nitrogens with zero attached hydrogens (tertiary/aromatic N) is 2. The Morgan fingerprint density at radius 3 is 2.53 bits per heavy atom. The van der Waals surface area contributed by atoms with Crippen molar-refractivity contribution in [2.75, 3.05) is 5.32 Å². The minimum atomic E-state index is 0.0420. The van der Waals surface area contributed by atoms with Crippen molar-refractivity contribution in [2.24, 2.45) is 5.92 Å². The molecule has 1 saturated carbocycles. The quantitative estimate of drug-likeness (QED) is 0.412. The molecule has 4 nitrogen and oxygen atoms in total. The van der Waals surface area contributed by atoms with Gasteiger partial charge in [0.1, 0.15) is 0 Å². The van der Waals surface area contributed by atoms with Crippen LogP contribution in [0.4, 0.5) is 5.82 Å². The first-order valence-electron chi connectivity index (χ1n) is 13.1. The van der Waals surface area contributed by atoms with Crippen LogP contribution in [0, 0.1) is 5.92 Å². The third-order valence-corrected chi connectivity index (χ3v) is 7.43. The van der Waals surface area contributed by atoms with Crippen molar-refractivity contribution < 1.29 is 4.79 Å². The van der Waals surface area contributed by atoms with E-state index in [0.29, 0.717) is 12.2 Å². The summed E-state index contributed by atoms with van der Waals surface area (Å²) in [6.45, 7) is 0. The maximum atomic E-state index is 12.8. The number of hydrogen-bond donors (Lipinski definition) is 1. The number of nitrogens with one attached hydrogen (secondary N) is 1. The number of fused-ring (bicyclic) bond motifs is 3. The lowest BCUT2D eigenvalue weighted by molar-refractivity contribution is -0.116. The molecule has 34 heavy (non-hydrogen) atoms. The summed E-state index contributed by atoms with van der Waals surface area (Å²) in [7, 11) is 0. The lowest BCUT2D eigenvalue weighted by Crippen LogP contribution is -2.19. The normalized spacial score (nSPS) is 15.4. The molecule has 0 aliphatic heterocycles. The minimum absolute atomic E-state index is 0.0420. The van der Waals surface area contributed by atoms with Gasteiger partial charge < -0.3 is 5.32 Å². The van der Waals surface area contributed by atoms with Crippen molar-refractivity contribution in [3.8, 4) is 11.3 Å². The third-order valence-electron chi connectivity index (χ3n) is 7.43. The molecule has 4 heteroatoms. The average Bonchev–Trinajstić information content (AvgIpc) is 2.88. The van der Waals surface area contributed by atoms with Crippen molar-refractivity contribution in [1.82, 2.24) is 9.97 Å². The van der Waals surface area contributed by atoms with Gasteiger partial charge in [0, 0.05) is 12.0 Å². The highest BCUT2D eigenvalue weighted by molar-refractivity contribution is 5.90. The first kappa shape index (κ1) is 22.8. The molecule has 176 valence electrons. The van der Waals surface area contributed by atoms with E-state index >= 15 is 0 Å². The Bertz CT molecular complexity index is 1120. The molecule has 1 fully saturated rings. The van der Waals surface area contributed by atoms with Gasteiger partial charge in [0.2, 0.25) is 5.91 Å². The van der Waals surface area contributed by atoms with Crippen LogP contribution in [0.15, 0.2) is 54.6 Å². The zero-order valence-corrected chi connectivity index (χ0v) is 20.1. The smallest absolute Gasteiger partial charge is 0.225 e. The molecular formula is C30H35N3O. The molecule has 0 bridgehead atoms. The number of hydrogen-bond acceptors (Lipinski definition) is 3. The van der Waals surface area contributed by atoms with Crippen molar-refractivity contribution in [3.63, 3.8) is 0 Å². The fourth-order valence-corrected chi connectivity index (χ4v) is 5.50. The second kappa shape index (κ2) is 10.9. The highest BCUT2D eigenvalue weighted by Crippen LogP contribution is 2.34. The van der Waals surface area contributed by atoms with Gasteiger partial charge in [0.25, 0.3) is 0 Å². The lowest BCUT2D eigenvalue weighted by atomic mass is 9.85. The number of carbonyl (C=O) groups excluding carboxylic acids is 1. The number of rotatable bonds is 8.